The number of para-hydroxylation sites is 1. The summed E-state index contributed by atoms with van der Waals surface area (Å²) in [6, 6.07) is 18.3. The molecular weight excluding hydrogens is 284 g/mol. The van der Waals surface area contributed by atoms with E-state index < -0.39 is 0 Å². The molecule has 0 spiro atoms. The van der Waals surface area contributed by atoms with E-state index in [9.17, 15) is 5.26 Å². The molecule has 23 heavy (non-hydrogen) atoms. The summed E-state index contributed by atoms with van der Waals surface area (Å²) in [6.45, 7) is 2.09. The van der Waals surface area contributed by atoms with E-state index in [0.29, 0.717) is 5.56 Å². The number of ether oxygens (including phenoxy) is 1. The third-order valence-electron chi connectivity index (χ3n) is 3.87. The highest BCUT2D eigenvalue weighted by Crippen LogP contribution is 2.30. The van der Waals surface area contributed by atoms with Crippen molar-refractivity contribution in [3.63, 3.8) is 0 Å². The van der Waals surface area contributed by atoms with Gasteiger partial charge in [0.25, 0.3) is 0 Å². The van der Waals surface area contributed by atoms with Gasteiger partial charge in [-0.3, -0.25) is 0 Å². The number of methoxy groups -OCH3 is 1. The molecule has 0 unspecified atom stereocenters. The summed E-state index contributed by atoms with van der Waals surface area (Å²) >= 11 is 0. The molecule has 0 aliphatic heterocycles. The Morgan fingerprint density at radius 1 is 1.13 bits per heavy atom. The monoisotopic (exact) mass is 302 g/mol. The summed E-state index contributed by atoms with van der Waals surface area (Å²) in [5, 5.41) is 10.6. The van der Waals surface area contributed by atoms with Gasteiger partial charge in [-0.25, -0.2) is 0 Å². The topological polar surface area (TPSA) is 38.0 Å². The third kappa shape index (κ3) is 2.60. The molecule has 0 radical (unpaired) electrons. The van der Waals surface area contributed by atoms with Crippen LogP contribution < -0.4 is 4.74 Å². The lowest BCUT2D eigenvalue weighted by Gasteiger charge is -2.10. The van der Waals surface area contributed by atoms with Crippen LogP contribution in [0.4, 0.5) is 0 Å². The van der Waals surface area contributed by atoms with Gasteiger partial charge in [0.2, 0.25) is 0 Å². The Balaban J connectivity index is 2.32. The SMILES string of the molecule is CC/C=C\c1c(C#N)c2ccccc2n1-c1ccc(OC)cc1. The van der Waals surface area contributed by atoms with Crippen molar-refractivity contribution >= 4 is 17.0 Å². The van der Waals surface area contributed by atoms with E-state index in [1.54, 1.807) is 7.11 Å². The number of fused-ring (bicyclic) bond motifs is 1. The molecule has 3 nitrogen and oxygen atoms in total. The number of aromatic nitrogens is 1. The summed E-state index contributed by atoms with van der Waals surface area (Å²) < 4.78 is 7.36. The first-order valence-corrected chi connectivity index (χ1v) is 7.64. The summed E-state index contributed by atoms with van der Waals surface area (Å²) in [5.74, 6) is 0.816. The minimum atomic E-state index is 0.709. The maximum atomic E-state index is 9.64. The summed E-state index contributed by atoms with van der Waals surface area (Å²) in [4.78, 5) is 0. The van der Waals surface area contributed by atoms with Crippen LogP contribution in [0.1, 0.15) is 24.6 Å². The molecule has 1 aromatic heterocycles. The fourth-order valence-corrected chi connectivity index (χ4v) is 2.77. The molecule has 0 aliphatic rings. The highest BCUT2D eigenvalue weighted by Gasteiger charge is 2.16. The van der Waals surface area contributed by atoms with Crippen LogP contribution in [0.5, 0.6) is 5.75 Å². The molecule has 2 aromatic carbocycles. The van der Waals surface area contributed by atoms with Gasteiger partial charge < -0.3 is 9.30 Å². The van der Waals surface area contributed by atoms with E-state index in [4.69, 9.17) is 4.74 Å². The molecule has 0 fully saturated rings. The minimum absolute atomic E-state index is 0.709. The van der Waals surface area contributed by atoms with Gasteiger partial charge >= 0.3 is 0 Å². The first kappa shape index (κ1) is 14.9. The first-order valence-electron chi connectivity index (χ1n) is 7.64. The molecule has 0 saturated heterocycles. The van der Waals surface area contributed by atoms with Crippen LogP contribution in [-0.2, 0) is 0 Å². The average molecular weight is 302 g/mol. The van der Waals surface area contributed by atoms with Crippen molar-refractivity contribution in [2.45, 2.75) is 13.3 Å². The van der Waals surface area contributed by atoms with E-state index in [-0.39, 0.29) is 0 Å². The van der Waals surface area contributed by atoms with Gasteiger partial charge in [-0.05, 0) is 42.8 Å². The molecule has 0 saturated carbocycles. The standard InChI is InChI=1S/C20H18N2O/c1-3-4-8-20-18(14-21)17-7-5-6-9-19(17)22(20)15-10-12-16(23-2)13-11-15/h4-13H,3H2,1-2H3/b8-4-. The van der Waals surface area contributed by atoms with Crippen LogP contribution in [0.15, 0.2) is 54.6 Å². The Bertz CT molecular complexity index is 896. The lowest BCUT2D eigenvalue weighted by atomic mass is 10.1. The van der Waals surface area contributed by atoms with E-state index in [0.717, 1.165) is 34.5 Å². The normalized spacial score (nSPS) is 11.0. The van der Waals surface area contributed by atoms with Gasteiger partial charge in [0.1, 0.15) is 11.8 Å². The molecule has 3 rings (SSSR count). The number of benzene rings is 2. The van der Waals surface area contributed by atoms with Crippen molar-refractivity contribution in [2.24, 2.45) is 0 Å². The van der Waals surface area contributed by atoms with Gasteiger partial charge in [0, 0.05) is 11.1 Å². The van der Waals surface area contributed by atoms with Crippen molar-refractivity contribution in [3.05, 3.63) is 65.9 Å². The average Bonchev–Trinajstić information content (AvgIpc) is 2.93. The Kier molecular flexibility index (Phi) is 4.16. The molecule has 0 N–H and O–H groups in total. The number of allylic oxidation sites excluding steroid dienone is 1. The van der Waals surface area contributed by atoms with Crippen LogP contribution in [0, 0.1) is 11.3 Å². The van der Waals surface area contributed by atoms with Gasteiger partial charge in [0.15, 0.2) is 0 Å². The van der Waals surface area contributed by atoms with E-state index in [2.05, 4.69) is 23.6 Å². The zero-order chi connectivity index (χ0) is 16.2. The van der Waals surface area contributed by atoms with Crippen molar-refractivity contribution in [3.8, 4) is 17.5 Å². The highest BCUT2D eigenvalue weighted by atomic mass is 16.5. The lowest BCUT2D eigenvalue weighted by Crippen LogP contribution is -1.97. The fraction of sp³-hybridized carbons (Fsp3) is 0.150. The van der Waals surface area contributed by atoms with Crippen LogP contribution in [-0.4, -0.2) is 11.7 Å². The molecule has 0 atom stereocenters. The van der Waals surface area contributed by atoms with Crippen molar-refractivity contribution in [2.75, 3.05) is 7.11 Å². The second-order valence-electron chi connectivity index (χ2n) is 5.23. The zero-order valence-electron chi connectivity index (χ0n) is 13.3. The molecule has 3 heteroatoms. The molecule has 1 heterocycles. The van der Waals surface area contributed by atoms with Crippen LogP contribution in [0.2, 0.25) is 0 Å². The smallest absolute Gasteiger partial charge is 0.119 e. The lowest BCUT2D eigenvalue weighted by molar-refractivity contribution is 0.415. The molecular formula is C20H18N2O. The van der Waals surface area contributed by atoms with Crippen molar-refractivity contribution in [1.82, 2.24) is 4.57 Å². The Morgan fingerprint density at radius 3 is 2.52 bits per heavy atom. The first-order chi connectivity index (χ1) is 11.3. The molecule has 0 amide bonds. The maximum Gasteiger partial charge on any atom is 0.119 e. The van der Waals surface area contributed by atoms with Gasteiger partial charge in [0.05, 0.1) is 23.9 Å². The van der Waals surface area contributed by atoms with Crippen LogP contribution in [0.25, 0.3) is 22.7 Å². The molecule has 3 aromatic rings. The van der Waals surface area contributed by atoms with Gasteiger partial charge in [-0.2, -0.15) is 5.26 Å². The van der Waals surface area contributed by atoms with Gasteiger partial charge in [-0.15, -0.1) is 0 Å². The fourth-order valence-electron chi connectivity index (χ4n) is 2.77. The summed E-state index contributed by atoms with van der Waals surface area (Å²) in [6.07, 6.45) is 5.03. The molecule has 0 aliphatic carbocycles. The Labute approximate surface area is 136 Å². The molecule has 0 bridgehead atoms. The number of rotatable bonds is 4. The van der Waals surface area contributed by atoms with Gasteiger partial charge in [-0.1, -0.05) is 31.2 Å². The summed E-state index contributed by atoms with van der Waals surface area (Å²) in [7, 11) is 1.66. The van der Waals surface area contributed by atoms with E-state index in [1.165, 1.54) is 0 Å². The number of hydrogen-bond donors (Lipinski definition) is 0. The number of nitrogens with zero attached hydrogens (tertiary/aromatic N) is 2. The van der Waals surface area contributed by atoms with Crippen LogP contribution >= 0.6 is 0 Å². The predicted octanol–water partition coefficient (Wildman–Crippen LogP) is 4.93. The second-order valence-corrected chi connectivity index (χ2v) is 5.23. The molecule has 114 valence electrons. The van der Waals surface area contributed by atoms with Crippen molar-refractivity contribution in [1.29, 1.82) is 5.26 Å². The summed E-state index contributed by atoms with van der Waals surface area (Å²) in [5.41, 5.74) is 3.67. The highest BCUT2D eigenvalue weighted by molar-refractivity contribution is 5.92. The predicted molar refractivity (Wildman–Crippen MR) is 93.9 cm³/mol. The Hall–Kier alpha value is -2.99. The van der Waals surface area contributed by atoms with Crippen LogP contribution in [0.3, 0.4) is 0 Å². The maximum absolute atomic E-state index is 9.64. The van der Waals surface area contributed by atoms with E-state index in [1.807, 2.05) is 54.6 Å². The minimum Gasteiger partial charge on any atom is -0.497 e. The van der Waals surface area contributed by atoms with Crippen molar-refractivity contribution < 1.29 is 4.74 Å². The second kappa shape index (κ2) is 6.41. The number of nitriles is 1. The van der Waals surface area contributed by atoms with E-state index >= 15 is 0 Å². The third-order valence-corrected chi connectivity index (χ3v) is 3.87. The quantitative estimate of drug-likeness (QED) is 0.685. The zero-order valence-corrected chi connectivity index (χ0v) is 13.3. The number of hydrogen-bond acceptors (Lipinski definition) is 2. The largest absolute Gasteiger partial charge is 0.497 e. The Morgan fingerprint density at radius 2 is 1.87 bits per heavy atom.